The molecule has 0 fully saturated rings. The Labute approximate surface area is 126 Å². The van der Waals surface area contributed by atoms with Gasteiger partial charge in [-0.05, 0) is 19.4 Å². The maximum atomic E-state index is 4.49. The number of hydrogen-bond donors (Lipinski definition) is 2. The first-order chi connectivity index (χ1) is 8.36. The first kappa shape index (κ1) is 17.2. The van der Waals surface area contributed by atoms with Gasteiger partial charge in [0.05, 0.1) is 6.54 Å². The van der Waals surface area contributed by atoms with Crippen molar-refractivity contribution in [1.82, 2.24) is 20.4 Å². The average molecular weight is 365 g/mol. The van der Waals surface area contributed by atoms with E-state index in [4.69, 9.17) is 0 Å². The molecule has 0 aromatic carbocycles. The number of guanidine groups is 1. The molecule has 0 saturated heterocycles. The minimum Gasteiger partial charge on any atom is -0.357 e. The number of unbranched alkanes of at least 4 members (excludes halogenated alkanes) is 1. The fourth-order valence-corrected chi connectivity index (χ4v) is 1.41. The van der Waals surface area contributed by atoms with Crippen molar-refractivity contribution in [1.29, 1.82) is 0 Å². The minimum absolute atomic E-state index is 0. The van der Waals surface area contributed by atoms with Crippen molar-refractivity contribution in [2.75, 3.05) is 19.6 Å². The molecule has 5 nitrogen and oxygen atoms in total. The molecule has 0 atom stereocenters. The van der Waals surface area contributed by atoms with Crippen LogP contribution in [0.1, 0.15) is 26.7 Å². The zero-order valence-corrected chi connectivity index (χ0v) is 13.6. The zero-order valence-electron chi connectivity index (χ0n) is 11.2. The molecule has 0 bridgehead atoms. The monoisotopic (exact) mass is 365 g/mol. The molecule has 1 aromatic rings. The van der Waals surface area contributed by atoms with Crippen LogP contribution in [0.3, 0.4) is 0 Å². The summed E-state index contributed by atoms with van der Waals surface area (Å²) in [6.45, 7) is 7.70. The van der Waals surface area contributed by atoms with Crippen LogP contribution in [0.5, 0.6) is 0 Å². The van der Waals surface area contributed by atoms with Gasteiger partial charge in [-0.25, -0.2) is 0 Å². The summed E-state index contributed by atoms with van der Waals surface area (Å²) in [5, 5.41) is 10.7. The van der Waals surface area contributed by atoms with Gasteiger partial charge in [-0.2, -0.15) is 5.10 Å². The van der Waals surface area contributed by atoms with Crippen molar-refractivity contribution in [3.05, 3.63) is 18.5 Å². The van der Waals surface area contributed by atoms with Crippen LogP contribution in [0.25, 0.3) is 0 Å². The molecule has 0 amide bonds. The molecular formula is C12H24IN5. The van der Waals surface area contributed by atoms with Crippen LogP contribution in [0, 0.1) is 0 Å². The lowest BCUT2D eigenvalue weighted by molar-refractivity contribution is 0.597. The normalized spacial score (nSPS) is 10.9. The van der Waals surface area contributed by atoms with Crippen molar-refractivity contribution >= 4 is 29.9 Å². The Hall–Kier alpha value is -0.790. The van der Waals surface area contributed by atoms with Crippen LogP contribution < -0.4 is 10.6 Å². The van der Waals surface area contributed by atoms with E-state index in [0.717, 1.165) is 38.6 Å². The van der Waals surface area contributed by atoms with Gasteiger partial charge in [-0.15, -0.1) is 24.0 Å². The lowest BCUT2D eigenvalue weighted by Gasteiger charge is -2.11. The molecular weight excluding hydrogens is 341 g/mol. The highest BCUT2D eigenvalue weighted by Gasteiger charge is 1.96. The van der Waals surface area contributed by atoms with Gasteiger partial charge in [0.15, 0.2) is 5.96 Å². The van der Waals surface area contributed by atoms with Gasteiger partial charge >= 0.3 is 0 Å². The molecule has 0 aliphatic heterocycles. The fourth-order valence-electron chi connectivity index (χ4n) is 1.41. The van der Waals surface area contributed by atoms with Crippen LogP contribution in [0.4, 0.5) is 0 Å². The van der Waals surface area contributed by atoms with E-state index < -0.39 is 0 Å². The van der Waals surface area contributed by atoms with Gasteiger partial charge in [-0.1, -0.05) is 13.3 Å². The molecule has 0 aliphatic rings. The van der Waals surface area contributed by atoms with E-state index in [9.17, 15) is 0 Å². The molecule has 0 radical (unpaired) electrons. The van der Waals surface area contributed by atoms with Crippen molar-refractivity contribution in [2.24, 2.45) is 4.99 Å². The molecule has 18 heavy (non-hydrogen) atoms. The Kier molecular flexibility index (Phi) is 10.8. The molecule has 0 aliphatic carbocycles. The first-order valence-corrected chi connectivity index (χ1v) is 6.36. The van der Waals surface area contributed by atoms with E-state index in [-0.39, 0.29) is 24.0 Å². The molecule has 0 saturated carbocycles. The van der Waals surface area contributed by atoms with E-state index >= 15 is 0 Å². The number of rotatable bonds is 7. The second-order valence-corrected chi connectivity index (χ2v) is 3.81. The summed E-state index contributed by atoms with van der Waals surface area (Å²) < 4.78 is 1.91. The molecule has 1 rings (SSSR count). The smallest absolute Gasteiger partial charge is 0.191 e. The summed E-state index contributed by atoms with van der Waals surface area (Å²) in [4.78, 5) is 4.49. The number of nitrogens with one attached hydrogen (secondary N) is 2. The lowest BCUT2D eigenvalue weighted by atomic mass is 10.3. The van der Waals surface area contributed by atoms with E-state index in [1.807, 2.05) is 16.9 Å². The van der Waals surface area contributed by atoms with Gasteiger partial charge in [0.25, 0.3) is 0 Å². The Morgan fingerprint density at radius 1 is 1.33 bits per heavy atom. The second kappa shape index (κ2) is 11.3. The van der Waals surface area contributed by atoms with Crippen LogP contribution in [-0.4, -0.2) is 35.4 Å². The van der Waals surface area contributed by atoms with Gasteiger partial charge in [-0.3, -0.25) is 9.67 Å². The Balaban J connectivity index is 0.00000289. The SMILES string of the molecule is CCCCN=C(NCC)NCCn1cccn1.I. The van der Waals surface area contributed by atoms with E-state index in [1.165, 1.54) is 6.42 Å². The van der Waals surface area contributed by atoms with E-state index in [1.54, 1.807) is 6.20 Å². The molecule has 1 heterocycles. The third kappa shape index (κ3) is 7.52. The fraction of sp³-hybridized carbons (Fsp3) is 0.667. The summed E-state index contributed by atoms with van der Waals surface area (Å²) in [5.74, 6) is 0.896. The zero-order chi connectivity index (χ0) is 12.3. The standard InChI is InChI=1S/C12H23N5.HI/c1-3-5-7-14-12(13-4-2)15-9-11-17-10-6-8-16-17;/h6,8,10H,3-5,7,9,11H2,1-2H3,(H2,13,14,15);1H. The molecule has 1 aromatic heterocycles. The number of aromatic nitrogens is 2. The molecule has 0 unspecified atom stereocenters. The molecule has 104 valence electrons. The summed E-state index contributed by atoms with van der Waals surface area (Å²) in [6.07, 6.45) is 6.06. The number of halogens is 1. The highest BCUT2D eigenvalue weighted by molar-refractivity contribution is 14.0. The third-order valence-corrected chi connectivity index (χ3v) is 2.32. The van der Waals surface area contributed by atoms with Crippen molar-refractivity contribution in [3.63, 3.8) is 0 Å². The summed E-state index contributed by atoms with van der Waals surface area (Å²) in [5.41, 5.74) is 0. The maximum Gasteiger partial charge on any atom is 0.191 e. The van der Waals surface area contributed by atoms with E-state index in [2.05, 4.69) is 34.6 Å². The lowest BCUT2D eigenvalue weighted by Crippen LogP contribution is -2.39. The number of aliphatic imine (C=N–C) groups is 1. The number of nitrogens with zero attached hydrogens (tertiary/aromatic N) is 3. The van der Waals surface area contributed by atoms with Crippen LogP contribution in [0.15, 0.2) is 23.5 Å². The van der Waals surface area contributed by atoms with Gasteiger partial charge in [0.1, 0.15) is 0 Å². The predicted octanol–water partition coefficient (Wildman–Crippen LogP) is 1.86. The van der Waals surface area contributed by atoms with Gasteiger partial charge in [0, 0.05) is 32.0 Å². The average Bonchev–Trinajstić information content (AvgIpc) is 2.82. The molecule has 0 spiro atoms. The Morgan fingerprint density at radius 2 is 2.17 bits per heavy atom. The van der Waals surface area contributed by atoms with Crippen LogP contribution in [-0.2, 0) is 6.54 Å². The summed E-state index contributed by atoms with van der Waals surface area (Å²) >= 11 is 0. The summed E-state index contributed by atoms with van der Waals surface area (Å²) in [6, 6.07) is 1.93. The number of hydrogen-bond acceptors (Lipinski definition) is 2. The summed E-state index contributed by atoms with van der Waals surface area (Å²) in [7, 11) is 0. The first-order valence-electron chi connectivity index (χ1n) is 6.36. The third-order valence-electron chi connectivity index (χ3n) is 2.32. The minimum atomic E-state index is 0. The van der Waals surface area contributed by atoms with Crippen LogP contribution in [0.2, 0.25) is 0 Å². The highest BCUT2D eigenvalue weighted by atomic mass is 127. The van der Waals surface area contributed by atoms with Crippen molar-refractivity contribution in [3.8, 4) is 0 Å². The van der Waals surface area contributed by atoms with Crippen molar-refractivity contribution < 1.29 is 0 Å². The quantitative estimate of drug-likeness (QED) is 0.336. The molecule has 2 N–H and O–H groups in total. The highest BCUT2D eigenvalue weighted by Crippen LogP contribution is 1.87. The van der Waals surface area contributed by atoms with Crippen LogP contribution >= 0.6 is 24.0 Å². The Morgan fingerprint density at radius 3 is 2.78 bits per heavy atom. The topological polar surface area (TPSA) is 54.2 Å². The Bertz CT molecular complexity index is 310. The van der Waals surface area contributed by atoms with Crippen molar-refractivity contribution in [2.45, 2.75) is 33.2 Å². The maximum absolute atomic E-state index is 4.49. The largest absolute Gasteiger partial charge is 0.357 e. The van der Waals surface area contributed by atoms with Gasteiger partial charge in [0.2, 0.25) is 0 Å². The second-order valence-electron chi connectivity index (χ2n) is 3.81. The van der Waals surface area contributed by atoms with Gasteiger partial charge < -0.3 is 10.6 Å². The van der Waals surface area contributed by atoms with E-state index in [0.29, 0.717) is 0 Å². The molecule has 6 heteroatoms. The predicted molar refractivity (Wildman–Crippen MR) is 86.5 cm³/mol.